The van der Waals surface area contributed by atoms with Crippen LogP contribution >= 0.6 is 0 Å². The summed E-state index contributed by atoms with van der Waals surface area (Å²) >= 11 is 0. The maximum atomic E-state index is 15.8. The summed E-state index contributed by atoms with van der Waals surface area (Å²) in [4.78, 5) is 50.8. The summed E-state index contributed by atoms with van der Waals surface area (Å²) in [5, 5.41) is 5.50. The molecule has 0 aliphatic carbocycles. The summed E-state index contributed by atoms with van der Waals surface area (Å²) in [6.07, 6.45) is 0.283. The Morgan fingerprint density at radius 2 is 1.87 bits per heavy atom. The normalized spacial score (nSPS) is 29.0. The summed E-state index contributed by atoms with van der Waals surface area (Å²) in [7, 11) is 0. The van der Waals surface area contributed by atoms with Crippen molar-refractivity contribution >= 4 is 29.6 Å². The van der Waals surface area contributed by atoms with E-state index in [1.165, 1.54) is 11.0 Å². The van der Waals surface area contributed by atoms with Crippen molar-refractivity contribution < 1.29 is 28.0 Å². The number of fused-ring (bicyclic) bond motifs is 1. The summed E-state index contributed by atoms with van der Waals surface area (Å²) in [6, 6.07) is -1.05. The fourth-order valence-electron chi connectivity index (χ4n) is 5.01. The number of carbonyl (C=O) groups excluding carboxylic acids is 4. The number of Topliss-reactive ketones (excluding diaryl/α,β-unsaturated/α-hetero) is 1. The lowest BCUT2D eigenvalue weighted by Crippen LogP contribution is -2.54. The SMILES string of the molecule is CC1CN(c2c(F)cc3c(c2F)C(C(=O)C=O)N(C2CCC(=O)NC2=O)C3)CC(C)N1. The third kappa shape index (κ3) is 3.74. The molecule has 0 radical (unpaired) electrons. The molecule has 3 aliphatic heterocycles. The van der Waals surface area contributed by atoms with Gasteiger partial charge in [0.25, 0.3) is 0 Å². The molecule has 31 heavy (non-hydrogen) atoms. The molecule has 2 fully saturated rings. The fraction of sp³-hybridized carbons (Fsp3) is 0.524. The number of halogens is 2. The molecule has 166 valence electrons. The van der Waals surface area contributed by atoms with Gasteiger partial charge in [-0.1, -0.05) is 0 Å². The van der Waals surface area contributed by atoms with Crippen molar-refractivity contribution in [3.05, 3.63) is 28.8 Å². The van der Waals surface area contributed by atoms with Gasteiger partial charge in [0.2, 0.25) is 17.6 Å². The number of piperidine rings is 1. The molecule has 2 N–H and O–H groups in total. The molecule has 3 heterocycles. The lowest BCUT2D eigenvalue weighted by molar-refractivity contribution is -0.141. The molecule has 10 heteroatoms. The van der Waals surface area contributed by atoms with E-state index in [0.29, 0.717) is 13.1 Å². The van der Waals surface area contributed by atoms with Crippen molar-refractivity contribution in [2.75, 3.05) is 18.0 Å². The third-order valence-corrected chi connectivity index (χ3v) is 6.15. The second kappa shape index (κ2) is 8.08. The molecule has 2 saturated heterocycles. The molecule has 0 saturated carbocycles. The Bertz CT molecular complexity index is 959. The highest BCUT2D eigenvalue weighted by atomic mass is 19.1. The number of rotatable bonds is 4. The first kappa shape index (κ1) is 21.5. The Hall–Kier alpha value is -2.72. The number of hydrogen-bond acceptors (Lipinski definition) is 7. The molecule has 2 amide bonds. The Balaban J connectivity index is 1.77. The van der Waals surface area contributed by atoms with Crippen LogP contribution in [0.25, 0.3) is 0 Å². The maximum Gasteiger partial charge on any atom is 0.243 e. The van der Waals surface area contributed by atoms with Gasteiger partial charge in [-0.15, -0.1) is 0 Å². The quantitative estimate of drug-likeness (QED) is 0.406. The van der Waals surface area contributed by atoms with Crippen molar-refractivity contribution in [3.8, 4) is 0 Å². The zero-order chi connectivity index (χ0) is 22.4. The largest absolute Gasteiger partial charge is 0.364 e. The Labute approximate surface area is 177 Å². The van der Waals surface area contributed by atoms with Gasteiger partial charge in [0.15, 0.2) is 12.1 Å². The Morgan fingerprint density at radius 3 is 2.48 bits per heavy atom. The number of benzene rings is 1. The van der Waals surface area contributed by atoms with Gasteiger partial charge in [0.05, 0.1) is 6.04 Å². The van der Waals surface area contributed by atoms with E-state index in [-0.39, 0.29) is 54.6 Å². The van der Waals surface area contributed by atoms with E-state index in [9.17, 15) is 19.2 Å². The number of imide groups is 1. The number of ketones is 1. The van der Waals surface area contributed by atoms with Gasteiger partial charge in [-0.3, -0.25) is 29.4 Å². The van der Waals surface area contributed by atoms with Crippen LogP contribution in [0, 0.1) is 11.6 Å². The molecule has 4 atom stereocenters. The van der Waals surface area contributed by atoms with Crippen LogP contribution in [-0.2, 0) is 25.7 Å². The Morgan fingerprint density at radius 1 is 1.19 bits per heavy atom. The number of anilines is 1. The molecular weight excluding hydrogens is 410 g/mol. The molecule has 8 nitrogen and oxygen atoms in total. The van der Waals surface area contributed by atoms with Crippen LogP contribution in [0.15, 0.2) is 6.07 Å². The van der Waals surface area contributed by atoms with Crippen LogP contribution in [0.1, 0.15) is 43.9 Å². The van der Waals surface area contributed by atoms with Crippen molar-refractivity contribution in [3.63, 3.8) is 0 Å². The second-order valence-corrected chi connectivity index (χ2v) is 8.53. The van der Waals surface area contributed by atoms with Gasteiger partial charge in [-0.25, -0.2) is 8.78 Å². The first-order chi connectivity index (χ1) is 14.7. The zero-order valence-electron chi connectivity index (χ0n) is 17.3. The number of carbonyl (C=O) groups is 4. The van der Waals surface area contributed by atoms with Crippen LogP contribution in [0.2, 0.25) is 0 Å². The molecule has 1 aromatic rings. The summed E-state index contributed by atoms with van der Waals surface area (Å²) in [5.41, 5.74) is -0.0790. The maximum absolute atomic E-state index is 15.8. The molecule has 1 aromatic carbocycles. The summed E-state index contributed by atoms with van der Waals surface area (Å²) < 4.78 is 30.8. The van der Waals surface area contributed by atoms with Gasteiger partial charge >= 0.3 is 0 Å². The van der Waals surface area contributed by atoms with E-state index < -0.39 is 41.3 Å². The topological polar surface area (TPSA) is 98.8 Å². The molecule has 3 aliphatic rings. The van der Waals surface area contributed by atoms with Crippen LogP contribution in [0.4, 0.5) is 14.5 Å². The predicted molar refractivity (Wildman–Crippen MR) is 106 cm³/mol. The number of nitrogens with one attached hydrogen (secondary N) is 2. The standard InChI is InChI=1S/C21H24F2N4O4/c1-10-6-26(7-11(2)24-10)19-13(22)5-12-8-27(14-3-4-16(30)25-21(14)31)20(15(29)9-28)17(12)18(19)23/h5,9-11,14,20,24H,3-4,6-8H2,1-2H3,(H,25,30,31). The monoisotopic (exact) mass is 434 g/mol. The minimum atomic E-state index is -1.34. The summed E-state index contributed by atoms with van der Waals surface area (Å²) in [5.74, 6) is -3.59. The fourth-order valence-corrected chi connectivity index (χ4v) is 5.01. The average molecular weight is 434 g/mol. The van der Waals surface area contributed by atoms with Crippen LogP contribution in [0.3, 0.4) is 0 Å². The second-order valence-electron chi connectivity index (χ2n) is 8.53. The number of piperazine rings is 1. The zero-order valence-corrected chi connectivity index (χ0v) is 17.3. The number of nitrogens with zero attached hydrogens (tertiary/aromatic N) is 2. The average Bonchev–Trinajstić information content (AvgIpc) is 3.05. The Kier molecular flexibility index (Phi) is 5.61. The van der Waals surface area contributed by atoms with Gasteiger partial charge in [0.1, 0.15) is 17.5 Å². The molecule has 0 aromatic heterocycles. The van der Waals surface area contributed by atoms with E-state index >= 15 is 8.78 Å². The first-order valence-corrected chi connectivity index (χ1v) is 10.3. The van der Waals surface area contributed by atoms with E-state index in [1.807, 2.05) is 13.8 Å². The number of hydrogen-bond donors (Lipinski definition) is 2. The van der Waals surface area contributed by atoms with E-state index in [0.717, 1.165) is 0 Å². The van der Waals surface area contributed by atoms with Gasteiger partial charge in [-0.2, -0.15) is 0 Å². The third-order valence-electron chi connectivity index (χ3n) is 6.15. The van der Waals surface area contributed by atoms with Crippen molar-refractivity contribution in [2.45, 2.75) is 57.4 Å². The molecular formula is C21H24F2N4O4. The smallest absolute Gasteiger partial charge is 0.243 e. The van der Waals surface area contributed by atoms with Crippen molar-refractivity contribution in [1.29, 1.82) is 0 Å². The first-order valence-electron chi connectivity index (χ1n) is 10.3. The minimum absolute atomic E-state index is 0.00294. The van der Waals surface area contributed by atoms with Gasteiger partial charge < -0.3 is 10.2 Å². The van der Waals surface area contributed by atoms with Crippen molar-refractivity contribution in [2.24, 2.45) is 0 Å². The highest BCUT2D eigenvalue weighted by molar-refractivity contribution is 6.27. The van der Waals surface area contributed by atoms with E-state index in [1.54, 1.807) is 4.90 Å². The van der Waals surface area contributed by atoms with E-state index in [2.05, 4.69) is 10.6 Å². The number of amides is 2. The van der Waals surface area contributed by atoms with Crippen LogP contribution in [-0.4, -0.2) is 60.0 Å². The van der Waals surface area contributed by atoms with Crippen LogP contribution < -0.4 is 15.5 Å². The lowest BCUT2D eigenvalue weighted by Gasteiger charge is -2.38. The minimum Gasteiger partial charge on any atom is -0.364 e. The summed E-state index contributed by atoms with van der Waals surface area (Å²) in [6.45, 7) is 4.50. The molecule has 0 spiro atoms. The number of aldehydes is 1. The molecule has 0 bridgehead atoms. The van der Waals surface area contributed by atoms with Crippen LogP contribution in [0.5, 0.6) is 0 Å². The van der Waals surface area contributed by atoms with E-state index in [4.69, 9.17) is 0 Å². The highest BCUT2D eigenvalue weighted by Crippen LogP contribution is 2.43. The predicted octanol–water partition coefficient (Wildman–Crippen LogP) is 0.581. The highest BCUT2D eigenvalue weighted by Gasteiger charge is 2.46. The van der Waals surface area contributed by atoms with Crippen molar-refractivity contribution in [1.82, 2.24) is 15.5 Å². The molecule has 4 rings (SSSR count). The molecule has 4 unspecified atom stereocenters. The van der Waals surface area contributed by atoms with Gasteiger partial charge in [0, 0.05) is 43.7 Å². The lowest BCUT2D eigenvalue weighted by atomic mass is 9.97. The van der Waals surface area contributed by atoms with Gasteiger partial charge in [-0.05, 0) is 31.9 Å².